The van der Waals surface area contributed by atoms with Crippen LogP contribution < -0.4 is 5.32 Å². The molecule has 1 aromatic heterocycles. The average molecular weight is 381 g/mol. The Labute approximate surface area is 161 Å². The van der Waals surface area contributed by atoms with Gasteiger partial charge in [-0.1, -0.05) is 48.5 Å². The van der Waals surface area contributed by atoms with E-state index in [0.29, 0.717) is 4.88 Å². The van der Waals surface area contributed by atoms with Gasteiger partial charge in [-0.25, -0.2) is 0 Å². The molecule has 0 fully saturated rings. The first-order valence-corrected chi connectivity index (χ1v) is 9.34. The molecule has 0 spiro atoms. The van der Waals surface area contributed by atoms with Crippen LogP contribution in [0.1, 0.15) is 20.8 Å². The van der Waals surface area contributed by atoms with E-state index in [0.717, 1.165) is 21.2 Å². The number of amides is 1. The molecular formula is C21H19NO4S. The Morgan fingerprint density at radius 3 is 2.44 bits per heavy atom. The Morgan fingerprint density at radius 2 is 1.70 bits per heavy atom. The van der Waals surface area contributed by atoms with Crippen molar-refractivity contribution in [1.29, 1.82) is 0 Å². The fraction of sp³-hybridized carbons (Fsp3) is 0.190. The van der Waals surface area contributed by atoms with Gasteiger partial charge in [0.15, 0.2) is 6.61 Å². The van der Waals surface area contributed by atoms with Crippen LogP contribution in [0.2, 0.25) is 0 Å². The van der Waals surface area contributed by atoms with Gasteiger partial charge in [-0.3, -0.25) is 14.4 Å². The number of hydrogen-bond acceptors (Lipinski definition) is 5. The molecule has 0 aliphatic carbocycles. The monoisotopic (exact) mass is 381 g/mol. The lowest BCUT2D eigenvalue weighted by atomic mass is 10.1. The number of thiophene rings is 1. The molecule has 1 heterocycles. The predicted molar refractivity (Wildman–Crippen MR) is 105 cm³/mol. The number of aryl methyl sites for hydroxylation is 1. The number of carbonyl (C=O) groups excluding carboxylic acids is 3. The van der Waals surface area contributed by atoms with Gasteiger partial charge in [-0.2, -0.15) is 0 Å². The fourth-order valence-corrected chi connectivity index (χ4v) is 3.85. The number of rotatable bonds is 7. The summed E-state index contributed by atoms with van der Waals surface area (Å²) in [6.07, 6.45) is 0.189. The second-order valence-corrected chi connectivity index (χ2v) is 7.13. The summed E-state index contributed by atoms with van der Waals surface area (Å²) < 4.78 is 6.04. The molecule has 6 heteroatoms. The van der Waals surface area contributed by atoms with E-state index < -0.39 is 5.97 Å². The standard InChI is InChI=1S/C21H19NO4S/c1-14-16-9-5-6-10-18(16)27-21(14)17(23)13-26-20(25)12-22-19(24)11-15-7-3-2-4-8-15/h2-10H,11-13H2,1H3,(H,22,24). The molecular weight excluding hydrogens is 362 g/mol. The molecule has 5 nitrogen and oxygen atoms in total. The third-order valence-corrected chi connectivity index (χ3v) is 5.41. The third-order valence-electron chi connectivity index (χ3n) is 4.10. The first-order valence-electron chi connectivity index (χ1n) is 8.52. The molecule has 0 atom stereocenters. The van der Waals surface area contributed by atoms with Crippen molar-refractivity contribution in [3.63, 3.8) is 0 Å². The topological polar surface area (TPSA) is 72.5 Å². The van der Waals surface area contributed by atoms with Crippen LogP contribution in [0, 0.1) is 6.92 Å². The summed E-state index contributed by atoms with van der Waals surface area (Å²) in [6.45, 7) is 1.29. The number of benzene rings is 2. The average Bonchev–Trinajstić information content (AvgIpc) is 3.02. The minimum Gasteiger partial charge on any atom is -0.456 e. The Morgan fingerprint density at radius 1 is 1.00 bits per heavy atom. The predicted octanol–water partition coefficient (Wildman–Crippen LogP) is 3.29. The van der Waals surface area contributed by atoms with Crippen molar-refractivity contribution >= 4 is 39.1 Å². The summed E-state index contributed by atoms with van der Waals surface area (Å²) in [5, 5.41) is 3.54. The highest BCUT2D eigenvalue weighted by atomic mass is 32.1. The quantitative estimate of drug-likeness (QED) is 0.503. The van der Waals surface area contributed by atoms with Gasteiger partial charge in [0.25, 0.3) is 0 Å². The molecule has 1 amide bonds. The minimum absolute atomic E-state index is 0.189. The normalized spacial score (nSPS) is 10.6. The highest BCUT2D eigenvalue weighted by molar-refractivity contribution is 7.21. The van der Waals surface area contributed by atoms with Crippen molar-refractivity contribution in [2.24, 2.45) is 0 Å². The van der Waals surface area contributed by atoms with Gasteiger partial charge in [0.05, 0.1) is 11.3 Å². The van der Waals surface area contributed by atoms with Crippen molar-refractivity contribution in [2.45, 2.75) is 13.3 Å². The number of carbonyl (C=O) groups is 3. The Bertz CT molecular complexity index is 978. The molecule has 0 aliphatic rings. The van der Waals surface area contributed by atoms with Gasteiger partial charge >= 0.3 is 5.97 Å². The molecule has 0 radical (unpaired) electrons. The highest BCUT2D eigenvalue weighted by Crippen LogP contribution is 2.30. The molecule has 0 saturated heterocycles. The lowest BCUT2D eigenvalue weighted by molar-refractivity contribution is -0.142. The molecule has 27 heavy (non-hydrogen) atoms. The molecule has 3 rings (SSSR count). The fourth-order valence-electron chi connectivity index (χ4n) is 2.72. The van der Waals surface area contributed by atoms with Crippen LogP contribution >= 0.6 is 11.3 Å². The number of ketones is 1. The van der Waals surface area contributed by atoms with Crippen LogP contribution in [0.3, 0.4) is 0 Å². The van der Waals surface area contributed by atoms with Crippen molar-refractivity contribution in [3.8, 4) is 0 Å². The number of esters is 1. The smallest absolute Gasteiger partial charge is 0.325 e. The SMILES string of the molecule is Cc1c(C(=O)COC(=O)CNC(=O)Cc2ccccc2)sc2ccccc12. The van der Waals surface area contributed by atoms with Crippen molar-refractivity contribution in [1.82, 2.24) is 5.32 Å². The van der Waals surface area contributed by atoms with E-state index in [2.05, 4.69) is 5.32 Å². The molecule has 3 aromatic rings. The molecule has 0 aliphatic heterocycles. The Hall–Kier alpha value is -2.99. The molecule has 0 unspecified atom stereocenters. The second kappa shape index (κ2) is 8.60. The van der Waals surface area contributed by atoms with E-state index in [1.165, 1.54) is 11.3 Å². The summed E-state index contributed by atoms with van der Waals surface area (Å²) in [4.78, 5) is 36.6. The van der Waals surface area contributed by atoms with Gasteiger partial charge in [0.1, 0.15) is 6.54 Å². The van der Waals surface area contributed by atoms with Crippen molar-refractivity contribution in [2.75, 3.05) is 13.2 Å². The van der Waals surface area contributed by atoms with Crippen LogP contribution in [0.5, 0.6) is 0 Å². The number of nitrogens with one attached hydrogen (secondary N) is 1. The number of Topliss-reactive ketones (excluding diaryl/α,β-unsaturated/α-hetero) is 1. The molecule has 138 valence electrons. The largest absolute Gasteiger partial charge is 0.456 e. The second-order valence-electron chi connectivity index (χ2n) is 6.08. The van der Waals surface area contributed by atoms with Crippen LogP contribution in [0.25, 0.3) is 10.1 Å². The summed E-state index contributed by atoms with van der Waals surface area (Å²) in [6, 6.07) is 17.0. The maximum absolute atomic E-state index is 12.4. The van der Waals surface area contributed by atoms with Crippen LogP contribution in [0.15, 0.2) is 54.6 Å². The lowest BCUT2D eigenvalue weighted by Crippen LogP contribution is -2.32. The first kappa shape index (κ1) is 18.8. The number of ether oxygens (including phenoxy) is 1. The van der Waals surface area contributed by atoms with Crippen LogP contribution in [-0.4, -0.2) is 30.8 Å². The molecule has 1 N–H and O–H groups in total. The van der Waals surface area contributed by atoms with E-state index in [1.807, 2.05) is 61.5 Å². The number of hydrogen-bond donors (Lipinski definition) is 1. The molecule has 0 saturated carbocycles. The lowest BCUT2D eigenvalue weighted by Gasteiger charge is -2.06. The maximum Gasteiger partial charge on any atom is 0.325 e. The van der Waals surface area contributed by atoms with Gasteiger partial charge < -0.3 is 10.1 Å². The van der Waals surface area contributed by atoms with Crippen LogP contribution in [-0.2, 0) is 20.7 Å². The van der Waals surface area contributed by atoms with E-state index in [-0.39, 0.29) is 31.3 Å². The third kappa shape index (κ3) is 4.80. The molecule has 2 aromatic carbocycles. The zero-order valence-corrected chi connectivity index (χ0v) is 15.7. The first-order chi connectivity index (χ1) is 13.0. The van der Waals surface area contributed by atoms with E-state index in [9.17, 15) is 14.4 Å². The van der Waals surface area contributed by atoms with Crippen LogP contribution in [0.4, 0.5) is 0 Å². The van der Waals surface area contributed by atoms with Crippen molar-refractivity contribution in [3.05, 3.63) is 70.6 Å². The van der Waals surface area contributed by atoms with E-state index in [4.69, 9.17) is 4.74 Å². The maximum atomic E-state index is 12.4. The van der Waals surface area contributed by atoms with Crippen molar-refractivity contribution < 1.29 is 19.1 Å². The highest BCUT2D eigenvalue weighted by Gasteiger charge is 2.17. The molecule has 0 bridgehead atoms. The zero-order chi connectivity index (χ0) is 19.2. The number of fused-ring (bicyclic) bond motifs is 1. The van der Waals surface area contributed by atoms with E-state index in [1.54, 1.807) is 0 Å². The van der Waals surface area contributed by atoms with E-state index >= 15 is 0 Å². The van der Waals surface area contributed by atoms with Gasteiger partial charge in [-0.05, 0) is 29.5 Å². The summed E-state index contributed by atoms with van der Waals surface area (Å²) in [5.41, 5.74) is 1.76. The summed E-state index contributed by atoms with van der Waals surface area (Å²) in [7, 11) is 0. The van der Waals surface area contributed by atoms with Gasteiger partial charge in [-0.15, -0.1) is 11.3 Å². The Balaban J connectivity index is 1.47. The Kier molecular flexibility index (Phi) is 5.98. The van der Waals surface area contributed by atoms with Gasteiger partial charge in [0, 0.05) is 4.70 Å². The van der Waals surface area contributed by atoms with Gasteiger partial charge in [0.2, 0.25) is 11.7 Å². The zero-order valence-electron chi connectivity index (χ0n) is 14.9. The minimum atomic E-state index is -0.636. The summed E-state index contributed by atoms with van der Waals surface area (Å²) in [5.74, 6) is -1.15. The summed E-state index contributed by atoms with van der Waals surface area (Å²) >= 11 is 1.39.